The van der Waals surface area contributed by atoms with Crippen LogP contribution < -0.4 is 5.56 Å². The third kappa shape index (κ3) is 5.23. The van der Waals surface area contributed by atoms with Crippen molar-refractivity contribution in [2.45, 2.75) is 52.0 Å². The number of aryl methyl sites for hydroxylation is 1. The van der Waals surface area contributed by atoms with Gasteiger partial charge in [0.05, 0.1) is 17.0 Å². The second-order valence-corrected chi connectivity index (χ2v) is 8.91. The Morgan fingerprint density at radius 1 is 0.941 bits per heavy atom. The Morgan fingerprint density at radius 2 is 1.59 bits per heavy atom. The molecule has 7 heteroatoms. The van der Waals surface area contributed by atoms with E-state index in [-0.39, 0.29) is 11.1 Å². The number of hydrogen-bond acceptors (Lipinski definition) is 3. The van der Waals surface area contributed by atoms with Crippen molar-refractivity contribution in [2.75, 3.05) is 0 Å². The Bertz CT molecular complexity index is 1340. The van der Waals surface area contributed by atoms with Crippen LogP contribution in [-0.4, -0.2) is 25.0 Å². The third-order valence-corrected chi connectivity index (χ3v) is 6.27. The van der Waals surface area contributed by atoms with Gasteiger partial charge in [0.25, 0.3) is 5.56 Å². The zero-order valence-corrected chi connectivity index (χ0v) is 20.0. The fourth-order valence-electron chi connectivity index (χ4n) is 4.14. The fourth-order valence-corrected chi connectivity index (χ4v) is 4.27. The van der Waals surface area contributed by atoms with Gasteiger partial charge in [-0.05, 0) is 36.2 Å². The number of unbranched alkanes of at least 4 members (excludes halogenated alkanes) is 5. The van der Waals surface area contributed by atoms with Gasteiger partial charge in [-0.2, -0.15) is 0 Å². The number of hydrogen-bond donors (Lipinski definition) is 1. The summed E-state index contributed by atoms with van der Waals surface area (Å²) in [4.78, 5) is 29.2. The van der Waals surface area contributed by atoms with Crippen molar-refractivity contribution < 1.29 is 9.90 Å². The summed E-state index contributed by atoms with van der Waals surface area (Å²) in [7, 11) is 0. The number of carboxylic acid groups (broad SMARTS) is 1. The summed E-state index contributed by atoms with van der Waals surface area (Å²) in [5, 5.41) is 9.87. The molecule has 0 spiro atoms. The molecule has 2 aromatic heterocycles. The molecule has 34 heavy (non-hydrogen) atoms. The van der Waals surface area contributed by atoms with Crippen LogP contribution in [0, 0.1) is 0 Å². The Balaban J connectivity index is 1.76. The van der Waals surface area contributed by atoms with Crippen LogP contribution in [0.2, 0.25) is 5.02 Å². The summed E-state index contributed by atoms with van der Waals surface area (Å²) >= 11 is 6.03. The number of benzene rings is 2. The van der Waals surface area contributed by atoms with Gasteiger partial charge in [0.1, 0.15) is 0 Å². The SMILES string of the molecule is CCCCCCCCn1c(-c2ccc(C(=O)O)cc2)cn2c(=O)cc(-c3ccc(Cl)cc3)nc12. The molecule has 0 aliphatic carbocycles. The van der Waals surface area contributed by atoms with Gasteiger partial charge in [-0.1, -0.05) is 74.9 Å². The number of aromatic carboxylic acids is 1. The minimum absolute atomic E-state index is 0.167. The number of aromatic nitrogens is 3. The Labute approximate surface area is 203 Å². The van der Waals surface area contributed by atoms with Crippen LogP contribution in [0.5, 0.6) is 0 Å². The van der Waals surface area contributed by atoms with E-state index in [1.807, 2.05) is 12.1 Å². The van der Waals surface area contributed by atoms with Crippen LogP contribution in [0.3, 0.4) is 0 Å². The minimum atomic E-state index is -0.968. The monoisotopic (exact) mass is 477 g/mol. The van der Waals surface area contributed by atoms with E-state index >= 15 is 0 Å². The van der Waals surface area contributed by atoms with Gasteiger partial charge in [-0.3, -0.25) is 9.20 Å². The minimum Gasteiger partial charge on any atom is -0.478 e. The van der Waals surface area contributed by atoms with E-state index in [0.29, 0.717) is 16.5 Å². The van der Waals surface area contributed by atoms with Crippen LogP contribution in [0.15, 0.2) is 65.6 Å². The Hall–Kier alpha value is -3.38. The van der Waals surface area contributed by atoms with Crippen LogP contribution in [-0.2, 0) is 6.54 Å². The lowest BCUT2D eigenvalue weighted by molar-refractivity contribution is 0.0697. The maximum Gasteiger partial charge on any atom is 0.335 e. The zero-order valence-electron chi connectivity index (χ0n) is 19.2. The van der Waals surface area contributed by atoms with Crippen molar-refractivity contribution in [2.24, 2.45) is 0 Å². The van der Waals surface area contributed by atoms with Crippen molar-refractivity contribution in [1.82, 2.24) is 14.0 Å². The highest BCUT2D eigenvalue weighted by Gasteiger charge is 2.16. The van der Waals surface area contributed by atoms with E-state index in [1.165, 1.54) is 31.7 Å². The van der Waals surface area contributed by atoms with Crippen LogP contribution in [0.1, 0.15) is 55.8 Å². The number of halogens is 1. The molecule has 1 N–H and O–H groups in total. The molecule has 0 saturated carbocycles. The summed E-state index contributed by atoms with van der Waals surface area (Å²) in [5.74, 6) is -0.395. The maximum absolute atomic E-state index is 13.0. The summed E-state index contributed by atoms with van der Waals surface area (Å²) in [6.45, 7) is 2.92. The molecule has 0 amide bonds. The fraction of sp³-hybridized carbons (Fsp3) is 0.296. The normalized spacial score (nSPS) is 11.2. The van der Waals surface area contributed by atoms with Gasteiger partial charge in [-0.25, -0.2) is 9.78 Å². The van der Waals surface area contributed by atoms with Gasteiger partial charge in [0.15, 0.2) is 0 Å². The molecule has 0 radical (unpaired) electrons. The third-order valence-electron chi connectivity index (χ3n) is 6.02. The highest BCUT2D eigenvalue weighted by Crippen LogP contribution is 2.26. The predicted octanol–water partition coefficient (Wildman–Crippen LogP) is 6.54. The van der Waals surface area contributed by atoms with Crippen molar-refractivity contribution in [1.29, 1.82) is 0 Å². The second kappa shape index (κ2) is 10.7. The molecule has 4 aromatic rings. The predicted molar refractivity (Wildman–Crippen MR) is 136 cm³/mol. The topological polar surface area (TPSA) is 76.6 Å². The molecular formula is C27H28ClN3O3. The molecule has 0 fully saturated rings. The highest BCUT2D eigenvalue weighted by molar-refractivity contribution is 6.30. The van der Waals surface area contributed by atoms with Crippen molar-refractivity contribution in [3.63, 3.8) is 0 Å². The number of fused-ring (bicyclic) bond motifs is 1. The van der Waals surface area contributed by atoms with Crippen molar-refractivity contribution in [3.8, 4) is 22.5 Å². The number of nitrogens with zero attached hydrogens (tertiary/aromatic N) is 3. The van der Waals surface area contributed by atoms with E-state index in [9.17, 15) is 14.7 Å². The van der Waals surface area contributed by atoms with Gasteiger partial charge in [0, 0.05) is 29.4 Å². The average molecular weight is 478 g/mol. The number of rotatable bonds is 10. The molecule has 0 bridgehead atoms. The quantitative estimate of drug-likeness (QED) is 0.263. The van der Waals surface area contributed by atoms with Crippen LogP contribution in [0.4, 0.5) is 0 Å². The summed E-state index contributed by atoms with van der Waals surface area (Å²) in [6, 6.07) is 15.5. The second-order valence-electron chi connectivity index (χ2n) is 8.47. The van der Waals surface area contributed by atoms with E-state index in [1.54, 1.807) is 47.0 Å². The first kappa shape index (κ1) is 23.8. The number of imidazole rings is 1. The Kier molecular flexibility index (Phi) is 7.48. The molecular weight excluding hydrogens is 450 g/mol. The lowest BCUT2D eigenvalue weighted by atomic mass is 10.1. The Morgan fingerprint density at radius 3 is 2.26 bits per heavy atom. The first-order valence-corrected chi connectivity index (χ1v) is 12.1. The molecule has 6 nitrogen and oxygen atoms in total. The maximum atomic E-state index is 13.0. The van der Waals surface area contributed by atoms with Gasteiger partial charge >= 0.3 is 5.97 Å². The molecule has 2 aromatic carbocycles. The highest BCUT2D eigenvalue weighted by atomic mass is 35.5. The summed E-state index contributed by atoms with van der Waals surface area (Å²) in [5.41, 5.74) is 3.15. The zero-order chi connectivity index (χ0) is 24.1. The standard InChI is InChI=1S/C27H28ClN3O3/c1-2-3-4-5-6-7-16-30-24(20-8-10-21(11-9-20)26(33)34)18-31-25(32)17-23(29-27(30)31)19-12-14-22(28)15-13-19/h8-15,17-18H,2-7,16H2,1H3,(H,33,34). The number of carboxylic acids is 1. The van der Waals surface area contributed by atoms with E-state index < -0.39 is 5.97 Å². The molecule has 0 saturated heterocycles. The molecule has 176 valence electrons. The van der Waals surface area contributed by atoms with Gasteiger partial charge in [0.2, 0.25) is 5.78 Å². The molecule has 0 aliphatic heterocycles. The van der Waals surface area contributed by atoms with Crippen molar-refractivity contribution in [3.05, 3.63) is 81.7 Å². The lowest BCUT2D eigenvalue weighted by Gasteiger charge is -2.10. The number of carbonyl (C=O) groups is 1. The first-order chi connectivity index (χ1) is 16.5. The molecule has 4 rings (SSSR count). The van der Waals surface area contributed by atoms with Gasteiger partial charge < -0.3 is 9.67 Å². The van der Waals surface area contributed by atoms with Crippen LogP contribution >= 0.6 is 11.6 Å². The summed E-state index contributed by atoms with van der Waals surface area (Å²) in [6.07, 6.45) is 8.72. The molecule has 2 heterocycles. The first-order valence-electron chi connectivity index (χ1n) is 11.7. The van der Waals surface area contributed by atoms with E-state index in [4.69, 9.17) is 16.6 Å². The van der Waals surface area contributed by atoms with Crippen molar-refractivity contribution >= 4 is 23.3 Å². The van der Waals surface area contributed by atoms with E-state index in [2.05, 4.69) is 11.5 Å². The molecule has 0 unspecified atom stereocenters. The molecule has 0 aliphatic rings. The van der Waals surface area contributed by atoms with E-state index in [0.717, 1.165) is 36.2 Å². The molecule has 0 atom stereocenters. The van der Waals surface area contributed by atoms with Crippen LogP contribution in [0.25, 0.3) is 28.3 Å². The summed E-state index contributed by atoms with van der Waals surface area (Å²) < 4.78 is 3.63. The smallest absolute Gasteiger partial charge is 0.335 e. The largest absolute Gasteiger partial charge is 0.478 e. The lowest BCUT2D eigenvalue weighted by Crippen LogP contribution is -2.14. The average Bonchev–Trinajstić information content (AvgIpc) is 3.21. The van der Waals surface area contributed by atoms with Gasteiger partial charge in [-0.15, -0.1) is 0 Å².